The van der Waals surface area contributed by atoms with E-state index in [1.807, 2.05) is 24.3 Å². The lowest BCUT2D eigenvalue weighted by Crippen LogP contribution is -2.41. The number of hydrogen-bond donors (Lipinski definition) is 1. The van der Waals surface area contributed by atoms with Gasteiger partial charge in [-0.15, -0.1) is 0 Å². The second-order valence-corrected chi connectivity index (χ2v) is 5.62. The molecule has 1 aromatic rings. The Labute approximate surface area is 122 Å². The molecule has 2 rings (SSSR count). The molecule has 0 spiro atoms. The Morgan fingerprint density at radius 2 is 2.05 bits per heavy atom. The second-order valence-electron chi connectivity index (χ2n) is 5.62. The molecule has 0 aromatic heterocycles. The van der Waals surface area contributed by atoms with Crippen LogP contribution in [0.4, 0.5) is 0 Å². The van der Waals surface area contributed by atoms with Crippen LogP contribution in [0.25, 0.3) is 0 Å². The molecule has 1 amide bonds. The smallest absolute Gasteiger partial charge is 0.254 e. The molecular weight excluding hydrogens is 248 g/mol. The number of hydrogen-bond acceptors (Lipinski definition) is 2. The number of amides is 1. The van der Waals surface area contributed by atoms with Crippen molar-refractivity contribution in [1.29, 1.82) is 0 Å². The predicted molar refractivity (Wildman–Crippen MR) is 82.8 cm³/mol. The Morgan fingerprint density at radius 3 is 2.70 bits per heavy atom. The van der Waals surface area contributed by atoms with Gasteiger partial charge >= 0.3 is 0 Å². The number of rotatable bonds is 5. The molecule has 0 bridgehead atoms. The third-order valence-electron chi connectivity index (χ3n) is 4.22. The van der Waals surface area contributed by atoms with Crippen LogP contribution in [0.15, 0.2) is 24.3 Å². The molecule has 0 unspecified atom stereocenters. The summed E-state index contributed by atoms with van der Waals surface area (Å²) < 4.78 is 0. The van der Waals surface area contributed by atoms with Crippen LogP contribution < -0.4 is 5.73 Å². The number of carbonyl (C=O) groups is 1. The van der Waals surface area contributed by atoms with Crippen LogP contribution in [0.1, 0.15) is 54.9 Å². The van der Waals surface area contributed by atoms with E-state index in [4.69, 9.17) is 5.73 Å². The van der Waals surface area contributed by atoms with Crippen LogP contribution in [-0.2, 0) is 6.42 Å². The van der Waals surface area contributed by atoms with E-state index in [1.54, 1.807) is 0 Å². The lowest BCUT2D eigenvalue weighted by Gasteiger charge is -2.33. The minimum absolute atomic E-state index is 0.179. The van der Waals surface area contributed by atoms with Crippen molar-refractivity contribution in [2.45, 2.75) is 51.5 Å². The highest BCUT2D eigenvalue weighted by Crippen LogP contribution is 2.24. The van der Waals surface area contributed by atoms with Crippen LogP contribution in [-0.4, -0.2) is 29.9 Å². The van der Waals surface area contributed by atoms with Crippen molar-refractivity contribution in [1.82, 2.24) is 4.90 Å². The molecule has 0 saturated heterocycles. The molecule has 1 fully saturated rings. The molecule has 3 heteroatoms. The van der Waals surface area contributed by atoms with E-state index < -0.39 is 0 Å². The highest BCUT2D eigenvalue weighted by Gasteiger charge is 2.24. The monoisotopic (exact) mass is 274 g/mol. The summed E-state index contributed by atoms with van der Waals surface area (Å²) in [6, 6.07) is 8.36. The molecule has 0 radical (unpaired) electrons. The Balaban J connectivity index is 2.12. The largest absolute Gasteiger partial charge is 0.336 e. The fourth-order valence-corrected chi connectivity index (χ4v) is 3.15. The van der Waals surface area contributed by atoms with Gasteiger partial charge in [-0.25, -0.2) is 0 Å². The summed E-state index contributed by atoms with van der Waals surface area (Å²) in [6.45, 7) is 3.50. The number of nitrogens with two attached hydrogens (primary N) is 1. The molecule has 1 saturated carbocycles. The van der Waals surface area contributed by atoms with Gasteiger partial charge in [-0.05, 0) is 50.4 Å². The summed E-state index contributed by atoms with van der Waals surface area (Å²) in [7, 11) is 0. The topological polar surface area (TPSA) is 46.3 Å². The van der Waals surface area contributed by atoms with Crippen molar-refractivity contribution in [3.05, 3.63) is 35.4 Å². The molecule has 20 heavy (non-hydrogen) atoms. The summed E-state index contributed by atoms with van der Waals surface area (Å²) >= 11 is 0. The standard InChI is InChI=1S/C17H26N2O/c1-2-19(16-9-4-3-5-10-16)17(20)15-8-6-7-14(13-15)11-12-18/h6-8,13,16H,2-5,9-12,18H2,1H3. The summed E-state index contributed by atoms with van der Waals surface area (Å²) in [4.78, 5) is 14.8. The molecule has 1 aliphatic carbocycles. The number of nitrogens with zero attached hydrogens (tertiary/aromatic N) is 1. The van der Waals surface area contributed by atoms with E-state index in [-0.39, 0.29) is 5.91 Å². The first-order valence-electron chi connectivity index (χ1n) is 7.86. The van der Waals surface area contributed by atoms with E-state index >= 15 is 0 Å². The third-order valence-corrected chi connectivity index (χ3v) is 4.22. The average Bonchev–Trinajstić information content (AvgIpc) is 2.50. The number of carbonyl (C=O) groups excluding carboxylic acids is 1. The SMILES string of the molecule is CCN(C(=O)c1cccc(CCN)c1)C1CCCCC1. The van der Waals surface area contributed by atoms with Crippen molar-refractivity contribution >= 4 is 5.91 Å². The predicted octanol–water partition coefficient (Wildman–Crippen LogP) is 2.98. The van der Waals surface area contributed by atoms with E-state index in [1.165, 1.54) is 19.3 Å². The van der Waals surface area contributed by atoms with Gasteiger partial charge in [0.2, 0.25) is 0 Å². The highest BCUT2D eigenvalue weighted by atomic mass is 16.2. The van der Waals surface area contributed by atoms with Gasteiger partial charge in [0, 0.05) is 18.2 Å². The van der Waals surface area contributed by atoms with Gasteiger partial charge in [-0.3, -0.25) is 4.79 Å². The van der Waals surface area contributed by atoms with Gasteiger partial charge in [-0.2, -0.15) is 0 Å². The van der Waals surface area contributed by atoms with E-state index in [0.29, 0.717) is 12.6 Å². The molecule has 1 aliphatic rings. The lowest BCUT2D eigenvalue weighted by atomic mass is 9.93. The molecule has 110 valence electrons. The summed E-state index contributed by atoms with van der Waals surface area (Å²) in [6.07, 6.45) is 6.96. The number of benzene rings is 1. The molecule has 0 heterocycles. The van der Waals surface area contributed by atoms with Crippen molar-refractivity contribution in [3.8, 4) is 0 Å². The normalized spacial score (nSPS) is 16.1. The van der Waals surface area contributed by atoms with Gasteiger partial charge < -0.3 is 10.6 Å². The maximum absolute atomic E-state index is 12.7. The van der Waals surface area contributed by atoms with Crippen LogP contribution in [0, 0.1) is 0 Å². The maximum atomic E-state index is 12.7. The molecule has 0 aliphatic heterocycles. The zero-order valence-corrected chi connectivity index (χ0v) is 12.5. The van der Waals surface area contributed by atoms with Gasteiger partial charge in [-0.1, -0.05) is 31.4 Å². The summed E-state index contributed by atoms with van der Waals surface area (Å²) in [5, 5.41) is 0. The Hall–Kier alpha value is -1.35. The van der Waals surface area contributed by atoms with Crippen LogP contribution >= 0.6 is 0 Å². The lowest BCUT2D eigenvalue weighted by molar-refractivity contribution is 0.0648. The first-order chi connectivity index (χ1) is 9.76. The van der Waals surface area contributed by atoms with Crippen LogP contribution in [0.5, 0.6) is 0 Å². The molecular formula is C17H26N2O. The first-order valence-corrected chi connectivity index (χ1v) is 7.86. The zero-order valence-electron chi connectivity index (χ0n) is 12.5. The van der Waals surface area contributed by atoms with Crippen molar-refractivity contribution in [3.63, 3.8) is 0 Å². The summed E-state index contributed by atoms with van der Waals surface area (Å²) in [5.74, 6) is 0.179. The maximum Gasteiger partial charge on any atom is 0.254 e. The van der Waals surface area contributed by atoms with E-state index in [9.17, 15) is 4.79 Å². The quantitative estimate of drug-likeness (QED) is 0.897. The van der Waals surface area contributed by atoms with Crippen LogP contribution in [0.2, 0.25) is 0 Å². The van der Waals surface area contributed by atoms with Crippen LogP contribution in [0.3, 0.4) is 0 Å². The van der Waals surface area contributed by atoms with Gasteiger partial charge in [0.25, 0.3) is 5.91 Å². The zero-order chi connectivity index (χ0) is 14.4. The molecule has 1 aromatic carbocycles. The third kappa shape index (κ3) is 3.60. The Bertz CT molecular complexity index is 438. The molecule has 2 N–H and O–H groups in total. The molecule has 3 nitrogen and oxygen atoms in total. The minimum atomic E-state index is 0.179. The van der Waals surface area contributed by atoms with E-state index in [0.717, 1.165) is 36.9 Å². The first kappa shape index (κ1) is 15.0. The van der Waals surface area contributed by atoms with Crippen molar-refractivity contribution < 1.29 is 4.79 Å². The van der Waals surface area contributed by atoms with Crippen molar-refractivity contribution in [2.24, 2.45) is 5.73 Å². The van der Waals surface area contributed by atoms with Gasteiger partial charge in [0.05, 0.1) is 0 Å². The average molecular weight is 274 g/mol. The fraction of sp³-hybridized carbons (Fsp3) is 0.588. The molecule has 0 atom stereocenters. The van der Waals surface area contributed by atoms with Gasteiger partial charge in [0.15, 0.2) is 0 Å². The fourth-order valence-electron chi connectivity index (χ4n) is 3.15. The minimum Gasteiger partial charge on any atom is -0.336 e. The van der Waals surface area contributed by atoms with Gasteiger partial charge in [0.1, 0.15) is 0 Å². The van der Waals surface area contributed by atoms with Crippen molar-refractivity contribution in [2.75, 3.05) is 13.1 Å². The summed E-state index contributed by atoms with van der Waals surface area (Å²) in [5.41, 5.74) is 7.55. The Kier molecular flexibility index (Phi) is 5.60. The Morgan fingerprint density at radius 1 is 1.30 bits per heavy atom. The van der Waals surface area contributed by atoms with E-state index in [2.05, 4.69) is 11.8 Å². The second kappa shape index (κ2) is 7.44. The highest BCUT2D eigenvalue weighted by molar-refractivity contribution is 5.94.